The first kappa shape index (κ1) is 13.7. The average Bonchev–Trinajstić information content (AvgIpc) is 2.29. The summed E-state index contributed by atoms with van der Waals surface area (Å²) in [7, 11) is 0. The number of carboxylic acids is 1. The van der Waals surface area contributed by atoms with Crippen molar-refractivity contribution < 1.29 is 19.8 Å². The van der Waals surface area contributed by atoms with E-state index in [0.717, 1.165) is 0 Å². The molecule has 1 amide bonds. The first-order valence-corrected chi connectivity index (χ1v) is 5.72. The zero-order chi connectivity index (χ0) is 13.2. The number of aliphatic carboxylic acids is 1. The lowest BCUT2D eigenvalue weighted by atomic mass is 9.96. The molecule has 0 bridgehead atoms. The van der Waals surface area contributed by atoms with E-state index >= 15 is 0 Å². The van der Waals surface area contributed by atoms with Gasteiger partial charge in [-0.1, -0.05) is 6.92 Å². The van der Waals surface area contributed by atoms with Gasteiger partial charge in [-0.3, -0.25) is 4.79 Å². The molecule has 2 unspecified atom stereocenters. The van der Waals surface area contributed by atoms with E-state index in [1.807, 2.05) is 6.92 Å². The summed E-state index contributed by atoms with van der Waals surface area (Å²) < 4.78 is 0. The van der Waals surface area contributed by atoms with Crippen LogP contribution in [-0.2, 0) is 9.59 Å². The third-order valence-electron chi connectivity index (χ3n) is 3.35. The third kappa shape index (κ3) is 3.06. The van der Waals surface area contributed by atoms with Crippen LogP contribution in [0.25, 0.3) is 0 Å². The predicted molar refractivity (Wildman–Crippen MR) is 62.4 cm³/mol. The maximum atomic E-state index is 12.0. The first-order chi connectivity index (χ1) is 7.84. The van der Waals surface area contributed by atoms with Crippen LogP contribution in [-0.4, -0.2) is 46.2 Å². The largest absolute Gasteiger partial charge is 0.478 e. The summed E-state index contributed by atoms with van der Waals surface area (Å²) in [4.78, 5) is 24.4. The number of aliphatic hydroxyl groups is 1. The minimum atomic E-state index is -1.07. The van der Waals surface area contributed by atoms with Crippen LogP contribution in [0.4, 0.5) is 0 Å². The van der Waals surface area contributed by atoms with Crippen molar-refractivity contribution >= 4 is 11.9 Å². The van der Waals surface area contributed by atoms with Crippen molar-refractivity contribution in [2.24, 2.45) is 5.92 Å². The number of hydrogen-bond donors (Lipinski definition) is 2. The Kier molecular flexibility index (Phi) is 4.28. The molecule has 96 valence electrons. The van der Waals surface area contributed by atoms with Gasteiger partial charge < -0.3 is 15.1 Å². The Morgan fingerprint density at radius 2 is 1.82 bits per heavy atom. The van der Waals surface area contributed by atoms with Crippen molar-refractivity contribution in [3.63, 3.8) is 0 Å². The summed E-state index contributed by atoms with van der Waals surface area (Å²) >= 11 is 0. The Bertz CT molecular complexity index is 362. The van der Waals surface area contributed by atoms with Crippen LogP contribution in [0.1, 0.15) is 27.2 Å². The van der Waals surface area contributed by atoms with E-state index in [-0.39, 0.29) is 29.1 Å². The average molecular weight is 241 g/mol. The van der Waals surface area contributed by atoms with E-state index in [1.54, 1.807) is 4.90 Å². The molecule has 5 nitrogen and oxygen atoms in total. The highest BCUT2D eigenvalue weighted by Crippen LogP contribution is 2.19. The predicted octanol–water partition coefficient (Wildman–Crippen LogP) is 0.637. The molecule has 2 atom stereocenters. The first-order valence-electron chi connectivity index (χ1n) is 5.72. The maximum Gasteiger partial charge on any atom is 0.331 e. The monoisotopic (exact) mass is 241 g/mol. The molecular weight excluding hydrogens is 222 g/mol. The molecule has 17 heavy (non-hydrogen) atoms. The Morgan fingerprint density at radius 1 is 1.24 bits per heavy atom. The van der Waals surface area contributed by atoms with Crippen molar-refractivity contribution in [3.05, 3.63) is 11.1 Å². The molecule has 1 rings (SSSR count). The Balaban J connectivity index is 2.78. The number of hydrogen-bond acceptors (Lipinski definition) is 3. The lowest BCUT2D eigenvalue weighted by Crippen LogP contribution is -2.45. The fraction of sp³-hybridized carbons (Fsp3) is 0.667. The number of rotatable bonds is 2. The molecule has 5 heteroatoms. The van der Waals surface area contributed by atoms with Gasteiger partial charge in [0.15, 0.2) is 0 Å². The van der Waals surface area contributed by atoms with Gasteiger partial charge in [0.05, 0.1) is 6.10 Å². The van der Waals surface area contributed by atoms with Gasteiger partial charge in [-0.05, 0) is 26.2 Å². The third-order valence-corrected chi connectivity index (χ3v) is 3.35. The van der Waals surface area contributed by atoms with E-state index in [9.17, 15) is 14.7 Å². The minimum Gasteiger partial charge on any atom is -0.478 e. The molecule has 1 aliphatic rings. The number of nitrogens with zero attached hydrogens (tertiary/aromatic N) is 1. The van der Waals surface area contributed by atoms with E-state index in [1.165, 1.54) is 13.8 Å². The SMILES string of the molecule is CC(C(=O)O)=C(C)C(=O)N1CCC(O)C(C)C1. The van der Waals surface area contributed by atoms with Crippen molar-refractivity contribution in [2.45, 2.75) is 33.3 Å². The lowest BCUT2D eigenvalue weighted by molar-refractivity contribution is -0.134. The number of carboxylic acid groups (broad SMARTS) is 1. The molecule has 1 fully saturated rings. The quantitative estimate of drug-likeness (QED) is 0.695. The van der Waals surface area contributed by atoms with Crippen molar-refractivity contribution in [1.29, 1.82) is 0 Å². The van der Waals surface area contributed by atoms with Crippen molar-refractivity contribution in [3.8, 4) is 0 Å². The molecule has 1 aliphatic heterocycles. The summed E-state index contributed by atoms with van der Waals surface area (Å²) in [5.74, 6) is -1.28. The lowest BCUT2D eigenvalue weighted by Gasteiger charge is -2.34. The number of piperidine rings is 1. The van der Waals surface area contributed by atoms with Crippen molar-refractivity contribution in [1.82, 2.24) is 4.90 Å². The summed E-state index contributed by atoms with van der Waals surface area (Å²) in [5, 5.41) is 18.4. The van der Waals surface area contributed by atoms with Crippen LogP contribution in [0.2, 0.25) is 0 Å². The zero-order valence-electron chi connectivity index (χ0n) is 10.4. The minimum absolute atomic E-state index is 0.0330. The number of aliphatic hydroxyl groups excluding tert-OH is 1. The van der Waals surface area contributed by atoms with Gasteiger partial charge in [0.2, 0.25) is 5.91 Å². The normalized spacial score (nSPS) is 26.5. The summed E-state index contributed by atoms with van der Waals surface area (Å²) in [5.41, 5.74) is 0.342. The van der Waals surface area contributed by atoms with Gasteiger partial charge in [-0.15, -0.1) is 0 Å². The fourth-order valence-electron chi connectivity index (χ4n) is 1.88. The van der Waals surface area contributed by atoms with Crippen LogP contribution in [0, 0.1) is 5.92 Å². The molecule has 0 radical (unpaired) electrons. The van der Waals surface area contributed by atoms with Crippen LogP contribution in [0.5, 0.6) is 0 Å². The van der Waals surface area contributed by atoms with Crippen LogP contribution in [0.15, 0.2) is 11.1 Å². The highest BCUT2D eigenvalue weighted by atomic mass is 16.4. The summed E-state index contributed by atoms with van der Waals surface area (Å²) in [6.07, 6.45) is 0.177. The molecule has 0 aromatic heterocycles. The Hall–Kier alpha value is -1.36. The number of likely N-dealkylation sites (tertiary alicyclic amines) is 1. The second kappa shape index (κ2) is 5.31. The van der Waals surface area contributed by atoms with Crippen molar-refractivity contribution in [2.75, 3.05) is 13.1 Å². The molecular formula is C12H19NO4. The van der Waals surface area contributed by atoms with Gasteiger partial charge in [0, 0.05) is 24.2 Å². The second-order valence-corrected chi connectivity index (χ2v) is 4.64. The van der Waals surface area contributed by atoms with Gasteiger partial charge in [0.25, 0.3) is 0 Å². The summed E-state index contributed by atoms with van der Waals surface area (Å²) in [6.45, 7) is 5.80. The molecule has 0 aromatic rings. The second-order valence-electron chi connectivity index (χ2n) is 4.64. The number of carbonyl (C=O) groups is 2. The smallest absolute Gasteiger partial charge is 0.331 e. The van der Waals surface area contributed by atoms with E-state index in [4.69, 9.17) is 5.11 Å². The highest BCUT2D eigenvalue weighted by molar-refractivity contribution is 6.01. The van der Waals surface area contributed by atoms with Crippen LogP contribution >= 0.6 is 0 Å². The van der Waals surface area contributed by atoms with E-state index < -0.39 is 5.97 Å². The zero-order valence-corrected chi connectivity index (χ0v) is 10.4. The highest BCUT2D eigenvalue weighted by Gasteiger charge is 2.28. The maximum absolute atomic E-state index is 12.0. The van der Waals surface area contributed by atoms with E-state index in [2.05, 4.69) is 0 Å². The fourth-order valence-corrected chi connectivity index (χ4v) is 1.88. The van der Waals surface area contributed by atoms with Crippen LogP contribution in [0.3, 0.4) is 0 Å². The Labute approximate surface area is 101 Å². The molecule has 0 saturated carbocycles. The Morgan fingerprint density at radius 3 is 2.29 bits per heavy atom. The molecule has 0 spiro atoms. The summed E-state index contributed by atoms with van der Waals surface area (Å²) in [6, 6.07) is 0. The molecule has 0 aliphatic carbocycles. The van der Waals surface area contributed by atoms with Gasteiger partial charge in [0.1, 0.15) is 0 Å². The van der Waals surface area contributed by atoms with Gasteiger partial charge >= 0.3 is 5.97 Å². The number of carbonyl (C=O) groups excluding carboxylic acids is 1. The molecule has 0 aromatic carbocycles. The van der Waals surface area contributed by atoms with E-state index in [0.29, 0.717) is 19.5 Å². The topological polar surface area (TPSA) is 77.8 Å². The van der Waals surface area contributed by atoms with Gasteiger partial charge in [-0.25, -0.2) is 4.79 Å². The van der Waals surface area contributed by atoms with Crippen LogP contribution < -0.4 is 0 Å². The van der Waals surface area contributed by atoms with Gasteiger partial charge in [-0.2, -0.15) is 0 Å². The standard InChI is InChI=1S/C12H19NO4/c1-7-6-13(5-4-10(7)14)11(15)8(2)9(3)12(16)17/h7,10,14H,4-6H2,1-3H3,(H,16,17). The number of amides is 1. The molecule has 1 heterocycles. The molecule has 2 N–H and O–H groups in total. The molecule has 1 saturated heterocycles.